The van der Waals surface area contributed by atoms with E-state index in [9.17, 15) is 0 Å². The van der Waals surface area contributed by atoms with Gasteiger partial charge in [-0.15, -0.1) is 0 Å². The monoisotopic (exact) mass is 188 g/mol. The van der Waals surface area contributed by atoms with E-state index in [1.807, 2.05) is 0 Å². The molecular formula is C10H12N4. The van der Waals surface area contributed by atoms with E-state index < -0.39 is 0 Å². The van der Waals surface area contributed by atoms with Crippen molar-refractivity contribution in [2.75, 3.05) is 5.73 Å². The highest BCUT2D eigenvalue weighted by Crippen LogP contribution is 2.29. The van der Waals surface area contributed by atoms with Crippen LogP contribution < -0.4 is 5.73 Å². The lowest BCUT2D eigenvalue weighted by Crippen LogP contribution is -2.08. The van der Waals surface area contributed by atoms with E-state index in [2.05, 4.69) is 15.2 Å². The fraction of sp³-hybridized carbons (Fsp3) is 0.400. The largest absolute Gasteiger partial charge is 0.398 e. The highest BCUT2D eigenvalue weighted by Gasteiger charge is 2.16. The molecule has 2 heterocycles. The predicted octanol–water partition coefficient (Wildman–Crippen LogP) is 1.42. The molecular weight excluding hydrogens is 176 g/mol. The molecule has 2 aromatic heterocycles. The summed E-state index contributed by atoms with van der Waals surface area (Å²) in [6, 6.07) is 0. The van der Waals surface area contributed by atoms with Crippen molar-refractivity contribution in [3.8, 4) is 0 Å². The molecule has 1 aliphatic carbocycles. The van der Waals surface area contributed by atoms with Crippen LogP contribution in [0, 0.1) is 0 Å². The van der Waals surface area contributed by atoms with Crippen LogP contribution in [-0.2, 0) is 12.8 Å². The fourth-order valence-electron chi connectivity index (χ4n) is 2.16. The van der Waals surface area contributed by atoms with Gasteiger partial charge in [0.2, 0.25) is 0 Å². The van der Waals surface area contributed by atoms with E-state index in [-0.39, 0.29) is 0 Å². The van der Waals surface area contributed by atoms with Crippen molar-refractivity contribution < 1.29 is 0 Å². The van der Waals surface area contributed by atoms with Gasteiger partial charge in [0.1, 0.15) is 0 Å². The second-order valence-electron chi connectivity index (χ2n) is 3.79. The summed E-state index contributed by atoms with van der Waals surface area (Å²) in [6.07, 6.45) is 6.32. The number of anilines is 1. The number of aromatic nitrogens is 3. The number of nitrogens with zero attached hydrogens (tertiary/aromatic N) is 2. The Morgan fingerprint density at radius 1 is 1.29 bits per heavy atom. The Morgan fingerprint density at radius 3 is 3.07 bits per heavy atom. The number of hydrogen-bond acceptors (Lipinski definition) is 3. The normalized spacial score (nSPS) is 15.7. The van der Waals surface area contributed by atoms with Crippen LogP contribution in [0.1, 0.15) is 24.1 Å². The average Bonchev–Trinajstić information content (AvgIpc) is 2.66. The Labute approximate surface area is 81.5 Å². The van der Waals surface area contributed by atoms with Gasteiger partial charge in [0.15, 0.2) is 5.65 Å². The van der Waals surface area contributed by atoms with E-state index in [0.717, 1.165) is 35.3 Å². The molecule has 0 amide bonds. The van der Waals surface area contributed by atoms with E-state index in [1.54, 1.807) is 6.20 Å². The number of nitrogens with one attached hydrogen (secondary N) is 1. The lowest BCUT2D eigenvalue weighted by molar-refractivity contribution is 0.672. The van der Waals surface area contributed by atoms with Crippen LogP contribution in [0.2, 0.25) is 0 Å². The van der Waals surface area contributed by atoms with Gasteiger partial charge in [-0.1, -0.05) is 0 Å². The Balaban J connectivity index is 2.36. The van der Waals surface area contributed by atoms with Gasteiger partial charge in [-0.05, 0) is 31.2 Å². The number of nitrogens with two attached hydrogens (primary N) is 1. The van der Waals surface area contributed by atoms with Gasteiger partial charge in [0, 0.05) is 11.4 Å². The Hall–Kier alpha value is -1.58. The van der Waals surface area contributed by atoms with Crippen molar-refractivity contribution in [2.24, 2.45) is 0 Å². The summed E-state index contributed by atoms with van der Waals surface area (Å²) in [5, 5.41) is 7.80. The van der Waals surface area contributed by atoms with Gasteiger partial charge in [-0.3, -0.25) is 5.10 Å². The number of rotatable bonds is 0. The number of H-pyrrole nitrogens is 1. The van der Waals surface area contributed by atoms with Gasteiger partial charge in [-0.25, -0.2) is 4.98 Å². The van der Waals surface area contributed by atoms with Crippen LogP contribution in [0.15, 0.2) is 6.20 Å². The van der Waals surface area contributed by atoms with Crippen molar-refractivity contribution in [2.45, 2.75) is 25.7 Å². The molecule has 0 unspecified atom stereocenters. The third-order valence-electron chi connectivity index (χ3n) is 2.92. The molecule has 72 valence electrons. The molecule has 0 aromatic carbocycles. The average molecular weight is 188 g/mol. The topological polar surface area (TPSA) is 67.6 Å². The number of hydrogen-bond donors (Lipinski definition) is 2. The minimum Gasteiger partial charge on any atom is -0.398 e. The first kappa shape index (κ1) is 7.79. The second-order valence-corrected chi connectivity index (χ2v) is 3.79. The zero-order chi connectivity index (χ0) is 9.54. The third-order valence-corrected chi connectivity index (χ3v) is 2.92. The first-order valence-electron chi connectivity index (χ1n) is 4.96. The summed E-state index contributed by atoms with van der Waals surface area (Å²) in [5.74, 6) is 0. The van der Waals surface area contributed by atoms with E-state index >= 15 is 0 Å². The first-order chi connectivity index (χ1) is 6.86. The molecule has 4 nitrogen and oxygen atoms in total. The Kier molecular flexibility index (Phi) is 1.50. The molecule has 0 saturated heterocycles. The summed E-state index contributed by atoms with van der Waals surface area (Å²) in [6.45, 7) is 0. The van der Waals surface area contributed by atoms with Crippen molar-refractivity contribution >= 4 is 16.7 Å². The molecule has 1 aliphatic rings. The van der Waals surface area contributed by atoms with Crippen LogP contribution in [0.25, 0.3) is 11.0 Å². The number of aryl methyl sites for hydroxylation is 1. The van der Waals surface area contributed by atoms with Crippen molar-refractivity contribution in [3.05, 3.63) is 17.5 Å². The number of pyridine rings is 1. The lowest BCUT2D eigenvalue weighted by atomic mass is 9.94. The number of fused-ring (bicyclic) bond motifs is 2. The quantitative estimate of drug-likeness (QED) is 0.657. The van der Waals surface area contributed by atoms with Crippen LogP contribution in [-0.4, -0.2) is 15.2 Å². The van der Waals surface area contributed by atoms with Gasteiger partial charge in [0.05, 0.1) is 11.6 Å². The van der Waals surface area contributed by atoms with Gasteiger partial charge >= 0.3 is 0 Å². The Bertz CT molecular complexity index is 486. The molecule has 4 heteroatoms. The molecule has 0 bridgehead atoms. The second kappa shape index (κ2) is 2.70. The van der Waals surface area contributed by atoms with Gasteiger partial charge < -0.3 is 5.73 Å². The zero-order valence-corrected chi connectivity index (χ0v) is 7.88. The van der Waals surface area contributed by atoms with E-state index in [1.165, 1.54) is 18.4 Å². The van der Waals surface area contributed by atoms with Crippen molar-refractivity contribution in [1.29, 1.82) is 0 Å². The summed E-state index contributed by atoms with van der Waals surface area (Å²) in [7, 11) is 0. The Morgan fingerprint density at radius 2 is 2.14 bits per heavy atom. The van der Waals surface area contributed by atoms with Crippen LogP contribution in [0.4, 0.5) is 5.69 Å². The third kappa shape index (κ3) is 0.937. The summed E-state index contributed by atoms with van der Waals surface area (Å²) >= 11 is 0. The summed E-state index contributed by atoms with van der Waals surface area (Å²) in [4.78, 5) is 4.54. The molecule has 0 fully saturated rings. The maximum Gasteiger partial charge on any atom is 0.157 e. The maximum atomic E-state index is 6.08. The lowest BCUT2D eigenvalue weighted by Gasteiger charge is -2.16. The minimum absolute atomic E-state index is 0.822. The van der Waals surface area contributed by atoms with Crippen LogP contribution >= 0.6 is 0 Å². The van der Waals surface area contributed by atoms with Gasteiger partial charge in [-0.2, -0.15) is 5.10 Å². The van der Waals surface area contributed by atoms with E-state index in [0.29, 0.717) is 0 Å². The molecule has 2 aromatic rings. The molecule has 0 atom stereocenters. The molecule has 3 rings (SSSR count). The summed E-state index contributed by atoms with van der Waals surface area (Å²) < 4.78 is 0. The van der Waals surface area contributed by atoms with Crippen molar-refractivity contribution in [3.63, 3.8) is 0 Å². The minimum atomic E-state index is 0.822. The fourth-order valence-corrected chi connectivity index (χ4v) is 2.16. The number of aromatic amines is 1. The molecule has 14 heavy (non-hydrogen) atoms. The molecule has 0 aliphatic heterocycles. The molecule has 0 saturated carbocycles. The SMILES string of the molecule is Nc1c2c(nc3[nH]ncc13)CCCC2. The summed E-state index contributed by atoms with van der Waals surface area (Å²) in [5.41, 5.74) is 10.2. The predicted molar refractivity (Wildman–Crippen MR) is 54.9 cm³/mol. The van der Waals surface area contributed by atoms with Crippen LogP contribution in [0.5, 0.6) is 0 Å². The standard InChI is InChI=1S/C10H12N4/c11-9-6-3-1-2-4-8(6)13-10-7(9)5-12-14-10/h5H,1-4H2,(H3,11,12,13,14). The maximum absolute atomic E-state index is 6.08. The van der Waals surface area contributed by atoms with Gasteiger partial charge in [0.25, 0.3) is 0 Å². The zero-order valence-electron chi connectivity index (χ0n) is 7.88. The molecule has 3 N–H and O–H groups in total. The molecule has 0 radical (unpaired) electrons. The number of nitrogen functional groups attached to an aromatic ring is 1. The highest BCUT2D eigenvalue weighted by atomic mass is 15.1. The van der Waals surface area contributed by atoms with E-state index in [4.69, 9.17) is 5.73 Å². The van der Waals surface area contributed by atoms with Crippen molar-refractivity contribution in [1.82, 2.24) is 15.2 Å². The molecule has 0 spiro atoms. The van der Waals surface area contributed by atoms with Crippen LogP contribution in [0.3, 0.4) is 0 Å². The first-order valence-corrected chi connectivity index (χ1v) is 4.96. The highest BCUT2D eigenvalue weighted by molar-refractivity contribution is 5.89. The smallest absolute Gasteiger partial charge is 0.157 e.